The zero-order chi connectivity index (χ0) is 10.3. The minimum absolute atomic E-state index is 0.449. The van der Waals surface area contributed by atoms with E-state index in [1.54, 1.807) is 0 Å². The van der Waals surface area contributed by atoms with Crippen molar-refractivity contribution in [3.05, 3.63) is 0 Å². The molecule has 1 rings (SSSR count). The van der Waals surface area contributed by atoms with Crippen LogP contribution < -0.4 is 10.6 Å². The van der Waals surface area contributed by atoms with Crippen molar-refractivity contribution < 1.29 is 0 Å². The van der Waals surface area contributed by atoms with Gasteiger partial charge < -0.3 is 10.6 Å². The number of hydrogen-bond donors (Lipinski definition) is 2. The summed E-state index contributed by atoms with van der Waals surface area (Å²) in [6, 6.07) is 0. The summed E-state index contributed by atoms with van der Waals surface area (Å²) in [5.41, 5.74) is 0.449. The van der Waals surface area contributed by atoms with Gasteiger partial charge in [-0.2, -0.15) is 0 Å². The van der Waals surface area contributed by atoms with Crippen LogP contribution in [0.2, 0.25) is 0 Å². The minimum atomic E-state index is 0.449. The third-order valence-corrected chi connectivity index (χ3v) is 3.29. The Kier molecular flexibility index (Phi) is 5.49. The van der Waals surface area contributed by atoms with E-state index in [-0.39, 0.29) is 0 Å². The van der Waals surface area contributed by atoms with Crippen LogP contribution in [0, 0.1) is 0 Å². The van der Waals surface area contributed by atoms with Crippen LogP contribution in [-0.4, -0.2) is 25.2 Å². The van der Waals surface area contributed by atoms with Gasteiger partial charge in [0.05, 0.1) is 0 Å². The summed E-state index contributed by atoms with van der Waals surface area (Å²) in [5.74, 6) is 0. The molecule has 14 heavy (non-hydrogen) atoms. The molecule has 0 heterocycles. The summed E-state index contributed by atoms with van der Waals surface area (Å²) >= 11 is 0. The molecule has 1 fully saturated rings. The van der Waals surface area contributed by atoms with E-state index < -0.39 is 0 Å². The van der Waals surface area contributed by atoms with Crippen LogP contribution in [-0.2, 0) is 0 Å². The van der Waals surface area contributed by atoms with Gasteiger partial charge in [-0.05, 0) is 45.8 Å². The fourth-order valence-corrected chi connectivity index (χ4v) is 2.29. The van der Waals surface area contributed by atoms with E-state index >= 15 is 0 Å². The first-order chi connectivity index (χ1) is 6.77. The van der Waals surface area contributed by atoms with Gasteiger partial charge in [0.1, 0.15) is 0 Å². The molecule has 0 aromatic carbocycles. The van der Waals surface area contributed by atoms with Gasteiger partial charge in [-0.1, -0.05) is 26.2 Å². The Bertz CT molecular complexity index is 139. The first-order valence-corrected chi connectivity index (χ1v) is 6.22. The van der Waals surface area contributed by atoms with Crippen molar-refractivity contribution in [2.45, 2.75) is 57.9 Å². The Morgan fingerprint density at radius 2 is 1.79 bits per heavy atom. The highest BCUT2D eigenvalue weighted by molar-refractivity contribution is 4.85. The van der Waals surface area contributed by atoms with E-state index in [2.05, 4.69) is 24.5 Å². The normalized spacial score (nSPS) is 21.0. The van der Waals surface area contributed by atoms with E-state index in [1.165, 1.54) is 45.1 Å². The lowest BCUT2D eigenvalue weighted by atomic mass is 9.83. The molecule has 2 heteroatoms. The molecule has 0 aliphatic heterocycles. The maximum absolute atomic E-state index is 3.72. The number of rotatable bonds is 6. The van der Waals surface area contributed by atoms with Gasteiger partial charge in [-0.3, -0.25) is 0 Å². The molecule has 0 spiro atoms. The summed E-state index contributed by atoms with van der Waals surface area (Å²) in [6.45, 7) is 7.97. The molecule has 0 atom stereocenters. The third kappa shape index (κ3) is 4.43. The zero-order valence-corrected chi connectivity index (χ0v) is 9.86. The molecular formula is C12H26N2. The van der Waals surface area contributed by atoms with Gasteiger partial charge in [0, 0.05) is 5.54 Å². The van der Waals surface area contributed by atoms with Gasteiger partial charge in [-0.15, -0.1) is 0 Å². The smallest absolute Gasteiger partial charge is 0.0153 e. The van der Waals surface area contributed by atoms with E-state index in [0.29, 0.717) is 5.54 Å². The van der Waals surface area contributed by atoms with Crippen molar-refractivity contribution in [2.75, 3.05) is 19.6 Å². The molecule has 84 valence electrons. The molecule has 1 saturated carbocycles. The van der Waals surface area contributed by atoms with Crippen LogP contribution in [0.25, 0.3) is 0 Å². The largest absolute Gasteiger partial charge is 0.317 e. The molecule has 1 aliphatic carbocycles. The highest BCUT2D eigenvalue weighted by atomic mass is 15.0. The van der Waals surface area contributed by atoms with Gasteiger partial charge in [-0.25, -0.2) is 0 Å². The SMILES string of the molecule is CCNCCCNC1(C)CCCCC1. The third-order valence-electron chi connectivity index (χ3n) is 3.29. The Balaban J connectivity index is 2.03. The average Bonchev–Trinajstić information content (AvgIpc) is 2.18. The number of hydrogen-bond acceptors (Lipinski definition) is 2. The summed E-state index contributed by atoms with van der Waals surface area (Å²) in [5, 5.41) is 7.08. The molecule has 0 saturated heterocycles. The van der Waals surface area contributed by atoms with Crippen LogP contribution in [0.4, 0.5) is 0 Å². The van der Waals surface area contributed by atoms with Crippen LogP contribution in [0.15, 0.2) is 0 Å². The standard InChI is InChI=1S/C12H26N2/c1-3-13-10-7-11-14-12(2)8-5-4-6-9-12/h13-14H,3-11H2,1-2H3. The average molecular weight is 198 g/mol. The monoisotopic (exact) mass is 198 g/mol. The Morgan fingerprint density at radius 3 is 2.43 bits per heavy atom. The van der Waals surface area contributed by atoms with Crippen LogP contribution in [0.1, 0.15) is 52.4 Å². The Hall–Kier alpha value is -0.0800. The lowest BCUT2D eigenvalue weighted by Gasteiger charge is -2.34. The molecule has 2 N–H and O–H groups in total. The molecule has 0 amide bonds. The molecule has 0 aromatic heterocycles. The summed E-state index contributed by atoms with van der Waals surface area (Å²) in [7, 11) is 0. The molecule has 2 nitrogen and oxygen atoms in total. The highest BCUT2D eigenvalue weighted by Crippen LogP contribution is 2.27. The maximum atomic E-state index is 3.72. The zero-order valence-electron chi connectivity index (χ0n) is 9.86. The van der Waals surface area contributed by atoms with E-state index in [4.69, 9.17) is 0 Å². The fourth-order valence-electron chi connectivity index (χ4n) is 2.29. The molecule has 0 unspecified atom stereocenters. The van der Waals surface area contributed by atoms with Crippen molar-refractivity contribution in [1.82, 2.24) is 10.6 Å². The van der Waals surface area contributed by atoms with Crippen LogP contribution >= 0.6 is 0 Å². The molecular weight excluding hydrogens is 172 g/mol. The lowest BCUT2D eigenvalue weighted by Crippen LogP contribution is -2.44. The molecule has 1 aliphatic rings. The quantitative estimate of drug-likeness (QED) is 0.640. The first-order valence-electron chi connectivity index (χ1n) is 6.22. The Labute approximate surface area is 88.8 Å². The van der Waals surface area contributed by atoms with Crippen molar-refractivity contribution in [3.63, 3.8) is 0 Å². The van der Waals surface area contributed by atoms with Crippen molar-refractivity contribution in [1.29, 1.82) is 0 Å². The van der Waals surface area contributed by atoms with Gasteiger partial charge in [0.15, 0.2) is 0 Å². The summed E-state index contributed by atoms with van der Waals surface area (Å²) in [4.78, 5) is 0. The topological polar surface area (TPSA) is 24.1 Å². The molecule has 0 radical (unpaired) electrons. The second-order valence-corrected chi connectivity index (χ2v) is 4.76. The minimum Gasteiger partial charge on any atom is -0.317 e. The van der Waals surface area contributed by atoms with Crippen molar-refractivity contribution in [2.24, 2.45) is 0 Å². The van der Waals surface area contributed by atoms with E-state index in [9.17, 15) is 0 Å². The second kappa shape index (κ2) is 6.41. The molecule has 0 bridgehead atoms. The summed E-state index contributed by atoms with van der Waals surface area (Å²) < 4.78 is 0. The predicted molar refractivity (Wildman–Crippen MR) is 62.7 cm³/mol. The van der Waals surface area contributed by atoms with Crippen LogP contribution in [0.5, 0.6) is 0 Å². The van der Waals surface area contributed by atoms with Crippen molar-refractivity contribution in [3.8, 4) is 0 Å². The summed E-state index contributed by atoms with van der Waals surface area (Å²) in [6.07, 6.45) is 8.26. The first kappa shape index (κ1) is 12.0. The lowest BCUT2D eigenvalue weighted by molar-refractivity contribution is 0.254. The van der Waals surface area contributed by atoms with Crippen molar-refractivity contribution >= 4 is 0 Å². The fraction of sp³-hybridized carbons (Fsp3) is 1.00. The van der Waals surface area contributed by atoms with E-state index in [1.807, 2.05) is 0 Å². The van der Waals surface area contributed by atoms with Gasteiger partial charge in [0.2, 0.25) is 0 Å². The maximum Gasteiger partial charge on any atom is 0.0153 e. The number of nitrogens with one attached hydrogen (secondary N) is 2. The van der Waals surface area contributed by atoms with E-state index in [0.717, 1.165) is 13.1 Å². The van der Waals surface area contributed by atoms with Crippen LogP contribution in [0.3, 0.4) is 0 Å². The Morgan fingerprint density at radius 1 is 1.07 bits per heavy atom. The highest BCUT2D eigenvalue weighted by Gasteiger charge is 2.25. The van der Waals surface area contributed by atoms with Gasteiger partial charge >= 0.3 is 0 Å². The van der Waals surface area contributed by atoms with Gasteiger partial charge in [0.25, 0.3) is 0 Å². The molecule has 0 aromatic rings. The predicted octanol–water partition coefficient (Wildman–Crippen LogP) is 2.30. The second-order valence-electron chi connectivity index (χ2n) is 4.76.